The van der Waals surface area contributed by atoms with E-state index in [0.717, 1.165) is 25.4 Å². The zero-order valence-corrected chi connectivity index (χ0v) is 13.6. The van der Waals surface area contributed by atoms with Crippen LogP contribution < -0.4 is 10.1 Å². The number of nitrogens with one attached hydrogen (secondary N) is 1. The average molecular weight is 278 g/mol. The van der Waals surface area contributed by atoms with Crippen LogP contribution in [0.1, 0.15) is 32.8 Å². The Morgan fingerprint density at radius 1 is 1.20 bits per heavy atom. The molecule has 0 aliphatic rings. The van der Waals surface area contributed by atoms with Crippen LogP contribution in [0.25, 0.3) is 0 Å². The molecule has 0 aliphatic carbocycles. The van der Waals surface area contributed by atoms with Gasteiger partial charge in [0, 0.05) is 19.1 Å². The zero-order chi connectivity index (χ0) is 15.0. The number of hydrogen-bond donors (Lipinski definition) is 1. The molecule has 0 aromatic heterocycles. The molecule has 3 heteroatoms. The fraction of sp³-hybridized carbons (Fsp3) is 0.647. The Kier molecular flexibility index (Phi) is 7.63. The van der Waals surface area contributed by atoms with Crippen LogP contribution in [0.15, 0.2) is 24.3 Å². The van der Waals surface area contributed by atoms with Crippen LogP contribution in [0.2, 0.25) is 0 Å². The van der Waals surface area contributed by atoms with Gasteiger partial charge in [-0.15, -0.1) is 0 Å². The fourth-order valence-corrected chi connectivity index (χ4v) is 2.44. The second kappa shape index (κ2) is 8.98. The lowest BCUT2D eigenvalue weighted by molar-refractivity contribution is 0.240. The van der Waals surface area contributed by atoms with Gasteiger partial charge in [0.2, 0.25) is 0 Å². The van der Waals surface area contributed by atoms with Gasteiger partial charge in [-0.3, -0.25) is 0 Å². The minimum Gasteiger partial charge on any atom is -0.497 e. The highest BCUT2D eigenvalue weighted by molar-refractivity contribution is 5.27. The number of nitrogens with zero attached hydrogens (tertiary/aromatic N) is 1. The summed E-state index contributed by atoms with van der Waals surface area (Å²) in [5.41, 5.74) is 1.33. The zero-order valence-electron chi connectivity index (χ0n) is 13.6. The van der Waals surface area contributed by atoms with Crippen LogP contribution in [0.5, 0.6) is 5.75 Å². The number of ether oxygens (including phenoxy) is 1. The number of benzene rings is 1. The summed E-state index contributed by atoms with van der Waals surface area (Å²) < 4.78 is 5.19. The molecule has 0 amide bonds. The molecule has 1 rings (SSSR count). The quantitative estimate of drug-likeness (QED) is 0.751. The summed E-state index contributed by atoms with van der Waals surface area (Å²) in [4.78, 5) is 2.39. The van der Waals surface area contributed by atoms with E-state index in [1.807, 2.05) is 12.1 Å². The molecule has 0 aliphatic heterocycles. The summed E-state index contributed by atoms with van der Waals surface area (Å²) in [6.07, 6.45) is 1.22. The topological polar surface area (TPSA) is 24.5 Å². The SMILES string of the molecule is CCNC(CN(C)Cc1ccc(OC)cc1)C(C)CC. The largest absolute Gasteiger partial charge is 0.497 e. The Hall–Kier alpha value is -1.06. The molecule has 1 aromatic carbocycles. The third-order valence-electron chi connectivity index (χ3n) is 3.92. The normalized spacial score (nSPS) is 14.3. The summed E-state index contributed by atoms with van der Waals surface area (Å²) in [6.45, 7) is 9.86. The molecule has 3 nitrogen and oxygen atoms in total. The van der Waals surface area contributed by atoms with Crippen molar-refractivity contribution >= 4 is 0 Å². The average Bonchev–Trinajstić information content (AvgIpc) is 2.46. The van der Waals surface area contributed by atoms with E-state index in [-0.39, 0.29) is 0 Å². The lowest BCUT2D eigenvalue weighted by Gasteiger charge is -2.29. The lowest BCUT2D eigenvalue weighted by atomic mass is 9.98. The maximum absolute atomic E-state index is 5.19. The minimum absolute atomic E-state index is 0.563. The Morgan fingerprint density at radius 2 is 1.85 bits per heavy atom. The molecule has 1 aromatic rings. The van der Waals surface area contributed by atoms with Crippen molar-refractivity contribution < 1.29 is 4.74 Å². The second-order valence-electron chi connectivity index (χ2n) is 5.59. The molecule has 2 atom stereocenters. The Labute approximate surface area is 124 Å². The number of hydrogen-bond acceptors (Lipinski definition) is 3. The van der Waals surface area contributed by atoms with Crippen LogP contribution in [-0.4, -0.2) is 38.2 Å². The summed E-state index contributed by atoms with van der Waals surface area (Å²) in [6, 6.07) is 8.90. The lowest BCUT2D eigenvalue weighted by Crippen LogP contribution is -2.43. The van der Waals surface area contributed by atoms with Crippen LogP contribution in [0.4, 0.5) is 0 Å². The van der Waals surface area contributed by atoms with Gasteiger partial charge in [0.25, 0.3) is 0 Å². The molecule has 0 bridgehead atoms. The smallest absolute Gasteiger partial charge is 0.118 e. The van der Waals surface area contributed by atoms with Gasteiger partial charge in [0.05, 0.1) is 7.11 Å². The molecule has 0 saturated carbocycles. The van der Waals surface area contributed by atoms with Crippen molar-refractivity contribution in [2.24, 2.45) is 5.92 Å². The van der Waals surface area contributed by atoms with Crippen molar-refractivity contribution in [2.45, 2.75) is 39.8 Å². The first-order valence-corrected chi connectivity index (χ1v) is 7.65. The van der Waals surface area contributed by atoms with Gasteiger partial charge < -0.3 is 15.0 Å². The summed E-state index contributed by atoms with van der Waals surface area (Å²) in [7, 11) is 3.89. The second-order valence-corrected chi connectivity index (χ2v) is 5.59. The van der Waals surface area contributed by atoms with Crippen molar-refractivity contribution in [3.63, 3.8) is 0 Å². The first kappa shape index (κ1) is 17.0. The van der Waals surface area contributed by atoms with Crippen molar-refractivity contribution in [1.29, 1.82) is 0 Å². The molecular formula is C17H30N2O. The van der Waals surface area contributed by atoms with E-state index in [0.29, 0.717) is 12.0 Å². The van der Waals surface area contributed by atoms with Crippen LogP contribution in [0, 0.1) is 5.92 Å². The van der Waals surface area contributed by atoms with Crippen LogP contribution >= 0.6 is 0 Å². The van der Waals surface area contributed by atoms with Gasteiger partial charge in [-0.2, -0.15) is 0 Å². The molecule has 20 heavy (non-hydrogen) atoms. The van der Waals surface area contributed by atoms with E-state index in [1.165, 1.54) is 12.0 Å². The number of rotatable bonds is 9. The molecule has 2 unspecified atom stereocenters. The van der Waals surface area contributed by atoms with Crippen molar-refractivity contribution in [1.82, 2.24) is 10.2 Å². The number of likely N-dealkylation sites (N-methyl/N-ethyl adjacent to an activating group) is 2. The van der Waals surface area contributed by atoms with E-state index in [9.17, 15) is 0 Å². The summed E-state index contributed by atoms with van der Waals surface area (Å²) in [5, 5.41) is 3.61. The van der Waals surface area contributed by atoms with Crippen molar-refractivity contribution in [2.75, 3.05) is 27.2 Å². The Balaban J connectivity index is 2.53. The predicted molar refractivity (Wildman–Crippen MR) is 86.2 cm³/mol. The highest BCUT2D eigenvalue weighted by Gasteiger charge is 2.16. The first-order valence-electron chi connectivity index (χ1n) is 7.65. The monoisotopic (exact) mass is 278 g/mol. The molecule has 1 N–H and O–H groups in total. The van der Waals surface area contributed by atoms with E-state index in [4.69, 9.17) is 4.74 Å². The molecule has 0 heterocycles. The van der Waals surface area contributed by atoms with E-state index in [1.54, 1.807) is 7.11 Å². The van der Waals surface area contributed by atoms with E-state index < -0.39 is 0 Å². The summed E-state index contributed by atoms with van der Waals surface area (Å²) >= 11 is 0. The van der Waals surface area contributed by atoms with E-state index >= 15 is 0 Å². The Morgan fingerprint density at radius 3 is 2.35 bits per heavy atom. The third kappa shape index (κ3) is 5.51. The first-order chi connectivity index (χ1) is 9.60. The van der Waals surface area contributed by atoms with Gasteiger partial charge in [0.15, 0.2) is 0 Å². The van der Waals surface area contributed by atoms with Gasteiger partial charge in [0.1, 0.15) is 5.75 Å². The van der Waals surface area contributed by atoms with Crippen LogP contribution in [-0.2, 0) is 6.54 Å². The molecule has 114 valence electrons. The predicted octanol–water partition coefficient (Wildman–Crippen LogP) is 3.15. The van der Waals surface area contributed by atoms with Gasteiger partial charge in [-0.25, -0.2) is 0 Å². The standard InChI is InChI=1S/C17H30N2O/c1-6-14(3)17(18-7-2)13-19(4)12-15-8-10-16(20-5)11-9-15/h8-11,14,17-18H,6-7,12-13H2,1-5H3. The molecule has 0 saturated heterocycles. The van der Waals surface area contributed by atoms with Crippen molar-refractivity contribution in [3.8, 4) is 5.75 Å². The summed E-state index contributed by atoms with van der Waals surface area (Å²) in [5.74, 6) is 1.62. The maximum Gasteiger partial charge on any atom is 0.118 e. The number of methoxy groups -OCH3 is 1. The molecule has 0 radical (unpaired) electrons. The van der Waals surface area contributed by atoms with E-state index in [2.05, 4.69) is 50.2 Å². The highest BCUT2D eigenvalue weighted by Crippen LogP contribution is 2.14. The van der Waals surface area contributed by atoms with Gasteiger partial charge >= 0.3 is 0 Å². The highest BCUT2D eigenvalue weighted by atomic mass is 16.5. The fourth-order valence-electron chi connectivity index (χ4n) is 2.44. The molecular weight excluding hydrogens is 248 g/mol. The molecule has 0 fully saturated rings. The van der Waals surface area contributed by atoms with Crippen LogP contribution in [0.3, 0.4) is 0 Å². The van der Waals surface area contributed by atoms with Gasteiger partial charge in [-0.1, -0.05) is 39.3 Å². The minimum atomic E-state index is 0.563. The van der Waals surface area contributed by atoms with Gasteiger partial charge in [-0.05, 0) is 37.2 Å². The maximum atomic E-state index is 5.19. The Bertz CT molecular complexity index is 364. The van der Waals surface area contributed by atoms with Crippen molar-refractivity contribution in [3.05, 3.63) is 29.8 Å². The third-order valence-corrected chi connectivity index (χ3v) is 3.92. The molecule has 0 spiro atoms.